The molecule has 0 aromatic heterocycles. The minimum absolute atomic E-state index is 0.0235. The molecule has 1 N–H and O–H groups in total. The minimum atomic E-state index is 0.0235. The van der Waals surface area contributed by atoms with Crippen LogP contribution in [0.25, 0.3) is 6.08 Å². The maximum absolute atomic E-state index is 5.93. The Morgan fingerprint density at radius 1 is 1.22 bits per heavy atom. The second kappa shape index (κ2) is 8.12. The maximum Gasteiger partial charge on any atom is 0.0631 e. The predicted molar refractivity (Wildman–Crippen MR) is 99.5 cm³/mol. The van der Waals surface area contributed by atoms with E-state index in [9.17, 15) is 0 Å². The van der Waals surface area contributed by atoms with Crippen molar-refractivity contribution < 1.29 is 4.74 Å². The molecule has 1 heterocycles. The van der Waals surface area contributed by atoms with Crippen LogP contribution in [0, 0.1) is 11.3 Å². The Hall–Kier alpha value is -1.12. The summed E-state index contributed by atoms with van der Waals surface area (Å²) in [4.78, 5) is 0. The van der Waals surface area contributed by atoms with E-state index in [1.165, 1.54) is 24.8 Å². The van der Waals surface area contributed by atoms with Crippen LogP contribution < -0.4 is 5.32 Å². The Bertz CT molecular complexity index is 492. The molecule has 0 amide bonds. The van der Waals surface area contributed by atoms with Gasteiger partial charge in [0.05, 0.1) is 5.60 Å². The highest BCUT2D eigenvalue weighted by atomic mass is 16.5. The molecular weight excluding hydrogens is 282 g/mol. The molecule has 0 radical (unpaired) electrons. The molecule has 2 rings (SSSR count). The molecule has 0 aliphatic carbocycles. The number of hydrogen-bond donors (Lipinski definition) is 1. The molecule has 1 atom stereocenters. The van der Waals surface area contributed by atoms with Crippen LogP contribution in [-0.4, -0.2) is 25.3 Å². The third-order valence-electron chi connectivity index (χ3n) is 5.27. The average Bonchev–Trinajstić information content (AvgIpc) is 2.50. The smallest absolute Gasteiger partial charge is 0.0631 e. The van der Waals surface area contributed by atoms with E-state index >= 15 is 0 Å². The zero-order valence-electron chi connectivity index (χ0n) is 15.3. The van der Waals surface area contributed by atoms with Crippen molar-refractivity contribution >= 4 is 6.08 Å². The Labute approximate surface area is 142 Å². The van der Waals surface area contributed by atoms with E-state index in [1.807, 2.05) is 0 Å². The first-order valence-electron chi connectivity index (χ1n) is 9.00. The van der Waals surface area contributed by atoms with Crippen molar-refractivity contribution in [2.24, 2.45) is 11.3 Å². The molecule has 1 aromatic rings. The van der Waals surface area contributed by atoms with Crippen LogP contribution in [0.5, 0.6) is 0 Å². The average molecular weight is 316 g/mol. The molecule has 2 nitrogen and oxygen atoms in total. The van der Waals surface area contributed by atoms with Crippen LogP contribution in [0.4, 0.5) is 0 Å². The Balaban J connectivity index is 1.78. The molecule has 1 aliphatic rings. The van der Waals surface area contributed by atoms with Crippen LogP contribution >= 0.6 is 0 Å². The Morgan fingerprint density at radius 3 is 2.61 bits per heavy atom. The highest BCUT2D eigenvalue weighted by molar-refractivity contribution is 5.48. The fourth-order valence-electron chi connectivity index (χ4n) is 3.79. The van der Waals surface area contributed by atoms with Gasteiger partial charge >= 0.3 is 0 Å². The van der Waals surface area contributed by atoms with Crippen molar-refractivity contribution in [3.8, 4) is 0 Å². The first-order chi connectivity index (χ1) is 10.9. The van der Waals surface area contributed by atoms with E-state index in [-0.39, 0.29) is 5.60 Å². The lowest BCUT2D eigenvalue weighted by Crippen LogP contribution is -2.45. The fourth-order valence-corrected chi connectivity index (χ4v) is 3.79. The first kappa shape index (κ1) is 18.2. The van der Waals surface area contributed by atoms with Crippen molar-refractivity contribution in [3.05, 3.63) is 42.0 Å². The van der Waals surface area contributed by atoms with Gasteiger partial charge in [0.1, 0.15) is 0 Å². The number of rotatable bonds is 7. The van der Waals surface area contributed by atoms with Crippen LogP contribution in [0.3, 0.4) is 0 Å². The van der Waals surface area contributed by atoms with Gasteiger partial charge in [0, 0.05) is 13.2 Å². The molecule has 0 saturated carbocycles. The van der Waals surface area contributed by atoms with Gasteiger partial charge in [0.2, 0.25) is 0 Å². The first-order valence-corrected chi connectivity index (χ1v) is 9.00. The summed E-state index contributed by atoms with van der Waals surface area (Å²) in [5.74, 6) is 0.701. The van der Waals surface area contributed by atoms with Crippen LogP contribution in [0.15, 0.2) is 36.4 Å². The Morgan fingerprint density at radius 2 is 1.96 bits per heavy atom. The van der Waals surface area contributed by atoms with Crippen LogP contribution in [-0.2, 0) is 4.74 Å². The molecule has 0 spiro atoms. The minimum Gasteiger partial charge on any atom is -0.376 e. The molecule has 1 fully saturated rings. The van der Waals surface area contributed by atoms with E-state index in [1.54, 1.807) is 0 Å². The van der Waals surface area contributed by atoms with Gasteiger partial charge in [-0.25, -0.2) is 0 Å². The van der Waals surface area contributed by atoms with Crippen molar-refractivity contribution in [1.29, 1.82) is 0 Å². The van der Waals surface area contributed by atoms with E-state index < -0.39 is 0 Å². The number of hydrogen-bond acceptors (Lipinski definition) is 2. The van der Waals surface area contributed by atoms with E-state index in [0.717, 1.165) is 19.7 Å². The van der Waals surface area contributed by atoms with Crippen molar-refractivity contribution in [2.45, 2.75) is 52.6 Å². The second-order valence-electron chi connectivity index (χ2n) is 7.82. The van der Waals surface area contributed by atoms with Gasteiger partial charge in [-0.3, -0.25) is 0 Å². The lowest BCUT2D eigenvalue weighted by Gasteiger charge is -2.48. The van der Waals surface area contributed by atoms with E-state index in [0.29, 0.717) is 11.3 Å². The summed E-state index contributed by atoms with van der Waals surface area (Å²) < 4.78 is 5.93. The molecule has 2 heteroatoms. The standard InChI is InChI=1S/C21H33NO/c1-18(2)21(13-16-23-20(3,4)17-21)12-15-22-14-8-11-19-9-6-5-7-10-19/h5-11,18,22H,12-17H2,1-4H3/b11-8+/t21-/m0/s1. The lowest BCUT2D eigenvalue weighted by atomic mass is 9.65. The van der Waals surface area contributed by atoms with E-state index in [2.05, 4.69) is 75.5 Å². The zero-order valence-corrected chi connectivity index (χ0v) is 15.3. The summed E-state index contributed by atoms with van der Waals surface area (Å²) in [6, 6.07) is 10.5. The normalized spacial score (nSPS) is 24.4. The van der Waals surface area contributed by atoms with Crippen LogP contribution in [0.2, 0.25) is 0 Å². The summed E-state index contributed by atoms with van der Waals surface area (Å²) >= 11 is 0. The monoisotopic (exact) mass is 315 g/mol. The second-order valence-corrected chi connectivity index (χ2v) is 7.82. The Kier molecular flexibility index (Phi) is 6.43. The highest BCUT2D eigenvalue weighted by Gasteiger charge is 2.42. The van der Waals surface area contributed by atoms with Gasteiger partial charge in [-0.05, 0) is 56.6 Å². The van der Waals surface area contributed by atoms with Crippen LogP contribution in [0.1, 0.15) is 52.5 Å². The largest absolute Gasteiger partial charge is 0.376 e. The molecule has 0 unspecified atom stereocenters. The van der Waals surface area contributed by atoms with Gasteiger partial charge in [-0.15, -0.1) is 0 Å². The third-order valence-corrected chi connectivity index (χ3v) is 5.27. The molecular formula is C21H33NO. The number of nitrogens with one attached hydrogen (secondary N) is 1. The summed E-state index contributed by atoms with van der Waals surface area (Å²) in [7, 11) is 0. The summed E-state index contributed by atoms with van der Waals surface area (Å²) in [6.45, 7) is 12.1. The summed E-state index contributed by atoms with van der Waals surface area (Å²) in [5, 5.41) is 3.58. The third kappa shape index (κ3) is 5.47. The van der Waals surface area contributed by atoms with Crippen molar-refractivity contribution in [2.75, 3.05) is 19.7 Å². The molecule has 23 heavy (non-hydrogen) atoms. The maximum atomic E-state index is 5.93. The van der Waals surface area contributed by atoms with Gasteiger partial charge < -0.3 is 10.1 Å². The summed E-state index contributed by atoms with van der Waals surface area (Å²) in [6.07, 6.45) is 7.99. The SMILES string of the molecule is CC(C)[C@@]1(CCNC/C=C/c2ccccc2)CCOC(C)(C)C1. The number of ether oxygens (including phenoxy) is 1. The fraction of sp³-hybridized carbons (Fsp3) is 0.619. The highest BCUT2D eigenvalue weighted by Crippen LogP contribution is 2.46. The van der Waals surface area contributed by atoms with Gasteiger partial charge in [0.25, 0.3) is 0 Å². The molecule has 128 valence electrons. The molecule has 1 saturated heterocycles. The molecule has 1 aliphatic heterocycles. The van der Waals surface area contributed by atoms with Gasteiger partial charge in [0.15, 0.2) is 0 Å². The van der Waals surface area contributed by atoms with Crippen molar-refractivity contribution in [1.82, 2.24) is 5.32 Å². The topological polar surface area (TPSA) is 21.3 Å². The van der Waals surface area contributed by atoms with Crippen molar-refractivity contribution in [3.63, 3.8) is 0 Å². The van der Waals surface area contributed by atoms with E-state index in [4.69, 9.17) is 4.74 Å². The van der Waals surface area contributed by atoms with Gasteiger partial charge in [-0.1, -0.05) is 56.3 Å². The quantitative estimate of drug-likeness (QED) is 0.722. The predicted octanol–water partition coefficient (Wildman–Crippen LogP) is 4.91. The number of benzene rings is 1. The molecule has 0 bridgehead atoms. The molecule has 1 aromatic carbocycles. The lowest BCUT2D eigenvalue weighted by molar-refractivity contribution is -0.120. The zero-order chi connectivity index (χ0) is 16.8. The summed E-state index contributed by atoms with van der Waals surface area (Å²) in [5.41, 5.74) is 1.70. The van der Waals surface area contributed by atoms with Gasteiger partial charge in [-0.2, -0.15) is 0 Å².